The minimum Gasteiger partial charge on any atom is -0.434 e. The van der Waals surface area contributed by atoms with Crippen molar-refractivity contribution < 1.29 is 13.5 Å². The summed E-state index contributed by atoms with van der Waals surface area (Å²) in [5, 5.41) is 6.28. The van der Waals surface area contributed by atoms with Crippen LogP contribution in [0.25, 0.3) is 0 Å². The van der Waals surface area contributed by atoms with E-state index in [9.17, 15) is 8.78 Å². The highest BCUT2D eigenvalue weighted by Crippen LogP contribution is 2.24. The molecule has 118 valence electrons. The van der Waals surface area contributed by atoms with Crippen LogP contribution in [0.3, 0.4) is 0 Å². The molecule has 21 heavy (non-hydrogen) atoms. The third-order valence-corrected chi connectivity index (χ3v) is 3.40. The molecule has 0 saturated carbocycles. The number of nitrogens with one attached hydrogen (secondary N) is 2. The first-order chi connectivity index (χ1) is 9.96. The fourth-order valence-electron chi connectivity index (χ4n) is 1.61. The summed E-state index contributed by atoms with van der Waals surface area (Å²) in [6.45, 7) is 1.59. The molecule has 0 aliphatic rings. The van der Waals surface area contributed by atoms with Crippen molar-refractivity contribution in [1.82, 2.24) is 10.6 Å². The third-order valence-electron chi connectivity index (χ3n) is 2.90. The Morgan fingerprint density at radius 3 is 2.71 bits per heavy atom. The molecule has 1 rings (SSSR count). The molecule has 0 aliphatic carbocycles. The fourth-order valence-corrected chi connectivity index (χ4v) is 2.01. The maximum absolute atomic E-state index is 12.4. The quantitative estimate of drug-likeness (QED) is 0.600. The molecule has 4 nitrogen and oxygen atoms in total. The molecule has 0 spiro atoms. The molecule has 0 bridgehead atoms. The first-order valence-corrected chi connectivity index (χ1v) is 7.46. The van der Waals surface area contributed by atoms with Gasteiger partial charge >= 0.3 is 6.61 Å². The SMILES string of the molecule is CCC(C)NC(=NC)NCc1cc(Br)ccc1OC(F)F. The van der Waals surface area contributed by atoms with Crippen molar-refractivity contribution in [2.75, 3.05) is 7.05 Å². The Morgan fingerprint density at radius 2 is 2.14 bits per heavy atom. The van der Waals surface area contributed by atoms with E-state index in [4.69, 9.17) is 0 Å². The number of hydrogen-bond acceptors (Lipinski definition) is 2. The average molecular weight is 364 g/mol. The topological polar surface area (TPSA) is 45.7 Å². The first-order valence-electron chi connectivity index (χ1n) is 6.66. The second kappa shape index (κ2) is 8.81. The Balaban J connectivity index is 2.75. The summed E-state index contributed by atoms with van der Waals surface area (Å²) in [5.74, 6) is 0.770. The summed E-state index contributed by atoms with van der Waals surface area (Å²) in [4.78, 5) is 4.10. The Labute approximate surface area is 132 Å². The van der Waals surface area contributed by atoms with Crippen LogP contribution in [-0.2, 0) is 6.54 Å². The van der Waals surface area contributed by atoms with Crippen molar-refractivity contribution in [3.8, 4) is 5.75 Å². The molecular formula is C14H20BrF2N3O. The standard InChI is InChI=1S/C14H20BrF2N3O/c1-4-9(2)20-14(18-3)19-8-10-7-11(15)5-6-12(10)21-13(16)17/h5-7,9,13H,4,8H2,1-3H3,(H2,18,19,20). The summed E-state index contributed by atoms with van der Waals surface area (Å²) in [6.07, 6.45) is 0.956. The highest BCUT2D eigenvalue weighted by molar-refractivity contribution is 9.10. The van der Waals surface area contributed by atoms with Crippen LogP contribution in [0, 0.1) is 0 Å². The Kier molecular flexibility index (Phi) is 7.42. The van der Waals surface area contributed by atoms with Crippen molar-refractivity contribution in [2.45, 2.75) is 39.5 Å². The lowest BCUT2D eigenvalue weighted by atomic mass is 10.2. The Morgan fingerprint density at radius 1 is 1.43 bits per heavy atom. The van der Waals surface area contributed by atoms with Crippen LogP contribution in [0.2, 0.25) is 0 Å². The van der Waals surface area contributed by atoms with E-state index in [1.807, 2.05) is 6.92 Å². The van der Waals surface area contributed by atoms with Gasteiger partial charge in [0.1, 0.15) is 5.75 Å². The highest BCUT2D eigenvalue weighted by atomic mass is 79.9. The third kappa shape index (κ3) is 6.29. The van der Waals surface area contributed by atoms with Gasteiger partial charge in [0.25, 0.3) is 0 Å². The lowest BCUT2D eigenvalue weighted by Crippen LogP contribution is -2.41. The number of guanidine groups is 1. The number of hydrogen-bond donors (Lipinski definition) is 2. The van der Waals surface area contributed by atoms with E-state index in [2.05, 4.69) is 43.2 Å². The molecule has 0 saturated heterocycles. The van der Waals surface area contributed by atoms with Gasteiger partial charge in [0.05, 0.1) is 0 Å². The summed E-state index contributed by atoms with van der Waals surface area (Å²) >= 11 is 3.32. The summed E-state index contributed by atoms with van der Waals surface area (Å²) in [6, 6.07) is 5.18. The van der Waals surface area contributed by atoms with E-state index in [0.29, 0.717) is 18.1 Å². The second-order valence-corrected chi connectivity index (χ2v) is 5.43. The molecule has 1 atom stereocenters. The molecule has 1 aromatic rings. The lowest BCUT2D eigenvalue weighted by Gasteiger charge is -2.17. The van der Waals surface area contributed by atoms with Crippen LogP contribution >= 0.6 is 15.9 Å². The molecule has 1 aromatic carbocycles. The zero-order valence-corrected chi connectivity index (χ0v) is 13.9. The van der Waals surface area contributed by atoms with Crippen LogP contribution in [0.1, 0.15) is 25.8 Å². The van der Waals surface area contributed by atoms with E-state index >= 15 is 0 Å². The molecule has 0 heterocycles. The van der Waals surface area contributed by atoms with E-state index < -0.39 is 6.61 Å². The molecule has 0 amide bonds. The zero-order valence-electron chi connectivity index (χ0n) is 12.3. The van der Waals surface area contributed by atoms with Crippen molar-refractivity contribution in [3.05, 3.63) is 28.2 Å². The summed E-state index contributed by atoms with van der Waals surface area (Å²) in [5.41, 5.74) is 0.622. The van der Waals surface area contributed by atoms with Gasteiger partial charge in [-0.05, 0) is 31.5 Å². The number of benzene rings is 1. The summed E-state index contributed by atoms with van der Waals surface area (Å²) < 4.78 is 30.1. The predicted octanol–water partition coefficient (Wildman–Crippen LogP) is 3.51. The lowest BCUT2D eigenvalue weighted by molar-refractivity contribution is -0.0504. The van der Waals surface area contributed by atoms with Crippen LogP contribution in [-0.4, -0.2) is 25.7 Å². The summed E-state index contributed by atoms with van der Waals surface area (Å²) in [7, 11) is 1.66. The van der Waals surface area contributed by atoms with Crippen LogP contribution in [0.15, 0.2) is 27.7 Å². The van der Waals surface area contributed by atoms with Crippen molar-refractivity contribution in [1.29, 1.82) is 0 Å². The number of alkyl halides is 2. The minimum atomic E-state index is -2.84. The van der Waals surface area contributed by atoms with Crippen LogP contribution in [0.4, 0.5) is 8.78 Å². The van der Waals surface area contributed by atoms with Gasteiger partial charge in [-0.1, -0.05) is 22.9 Å². The van der Waals surface area contributed by atoms with Crippen LogP contribution < -0.4 is 15.4 Å². The van der Waals surface area contributed by atoms with Gasteiger partial charge in [0.15, 0.2) is 5.96 Å². The average Bonchev–Trinajstić information content (AvgIpc) is 2.45. The minimum absolute atomic E-state index is 0.152. The van der Waals surface area contributed by atoms with Gasteiger partial charge in [0.2, 0.25) is 0 Å². The second-order valence-electron chi connectivity index (χ2n) is 4.51. The van der Waals surface area contributed by atoms with E-state index in [1.165, 1.54) is 6.07 Å². The van der Waals surface area contributed by atoms with Crippen LogP contribution in [0.5, 0.6) is 5.75 Å². The maximum atomic E-state index is 12.4. The predicted molar refractivity (Wildman–Crippen MR) is 83.9 cm³/mol. The van der Waals surface area contributed by atoms with E-state index in [-0.39, 0.29) is 11.8 Å². The molecular weight excluding hydrogens is 344 g/mol. The molecule has 0 aromatic heterocycles. The molecule has 7 heteroatoms. The molecule has 0 radical (unpaired) electrons. The molecule has 1 unspecified atom stereocenters. The van der Waals surface area contributed by atoms with Gasteiger partial charge in [-0.2, -0.15) is 8.78 Å². The largest absolute Gasteiger partial charge is 0.434 e. The van der Waals surface area contributed by atoms with E-state index in [0.717, 1.165) is 10.9 Å². The number of rotatable bonds is 6. The first kappa shape index (κ1) is 17.7. The fraction of sp³-hybridized carbons (Fsp3) is 0.500. The van der Waals surface area contributed by atoms with Gasteiger partial charge in [-0.3, -0.25) is 4.99 Å². The van der Waals surface area contributed by atoms with Crippen molar-refractivity contribution in [3.63, 3.8) is 0 Å². The molecule has 2 N–H and O–H groups in total. The number of aliphatic imine (C=N–C) groups is 1. The maximum Gasteiger partial charge on any atom is 0.387 e. The van der Waals surface area contributed by atoms with Gasteiger partial charge in [-0.15, -0.1) is 0 Å². The zero-order chi connectivity index (χ0) is 15.8. The number of ether oxygens (including phenoxy) is 1. The normalized spacial score (nSPS) is 13.2. The Hall–Kier alpha value is -1.37. The van der Waals surface area contributed by atoms with E-state index in [1.54, 1.807) is 19.2 Å². The van der Waals surface area contributed by atoms with Gasteiger partial charge in [-0.25, -0.2) is 0 Å². The highest BCUT2D eigenvalue weighted by Gasteiger charge is 2.11. The monoisotopic (exact) mass is 363 g/mol. The van der Waals surface area contributed by atoms with Crippen molar-refractivity contribution >= 4 is 21.9 Å². The Bertz CT molecular complexity index is 483. The van der Waals surface area contributed by atoms with Gasteiger partial charge in [0, 0.05) is 29.7 Å². The number of nitrogens with zero attached hydrogens (tertiary/aromatic N) is 1. The molecule has 0 fully saturated rings. The van der Waals surface area contributed by atoms with Gasteiger partial charge < -0.3 is 15.4 Å². The number of halogens is 3. The molecule has 0 aliphatic heterocycles. The smallest absolute Gasteiger partial charge is 0.387 e. The van der Waals surface area contributed by atoms with Crippen molar-refractivity contribution in [2.24, 2.45) is 4.99 Å².